The number of benzene rings is 6. The molecule has 0 spiro atoms. The predicted molar refractivity (Wildman–Crippen MR) is 198 cm³/mol. The first-order valence-corrected chi connectivity index (χ1v) is 15.7. The number of anilines is 1. The minimum absolute atomic E-state index is 0.361. The molecule has 1 aliphatic rings. The van der Waals surface area contributed by atoms with Crippen molar-refractivity contribution in [3.05, 3.63) is 176 Å². The van der Waals surface area contributed by atoms with Crippen LogP contribution in [0.4, 0.5) is 5.69 Å². The Balaban J connectivity index is 1.14. The molecule has 7 aromatic rings. The lowest BCUT2D eigenvalue weighted by Crippen LogP contribution is -2.13. The van der Waals surface area contributed by atoms with Crippen molar-refractivity contribution in [3.8, 4) is 33.4 Å². The van der Waals surface area contributed by atoms with Crippen LogP contribution in [0.25, 0.3) is 60.5 Å². The fraction of sp³-hybridized carbons (Fsp3) is 0. The van der Waals surface area contributed by atoms with Crippen LogP contribution in [0.5, 0.6) is 0 Å². The highest BCUT2D eigenvalue weighted by atomic mass is 15.3. The highest BCUT2D eigenvalue weighted by Gasteiger charge is 2.17. The molecule has 1 aromatic heterocycles. The summed E-state index contributed by atoms with van der Waals surface area (Å²) in [6.45, 7) is 0. The molecule has 4 heteroatoms. The van der Waals surface area contributed by atoms with Crippen LogP contribution in [-0.2, 0) is 0 Å². The maximum atomic E-state index is 8.51. The first-order valence-electron chi connectivity index (χ1n) is 15.7. The number of pyridine rings is 1. The fourth-order valence-electron chi connectivity index (χ4n) is 6.43. The Labute approximate surface area is 273 Å². The van der Waals surface area contributed by atoms with E-state index in [9.17, 15) is 0 Å². The quantitative estimate of drug-likeness (QED) is 0.113. The van der Waals surface area contributed by atoms with E-state index < -0.39 is 0 Å². The van der Waals surface area contributed by atoms with Crippen LogP contribution < -0.4 is 5.43 Å². The minimum Gasteiger partial charge on any atom is -0.299 e. The van der Waals surface area contributed by atoms with Crippen molar-refractivity contribution >= 4 is 44.2 Å². The van der Waals surface area contributed by atoms with Crippen LogP contribution in [0.2, 0.25) is 0 Å². The number of nitrogens with zero attached hydrogens (tertiary/aromatic N) is 2. The zero-order valence-corrected chi connectivity index (χ0v) is 25.6. The molecule has 0 atom stereocenters. The lowest BCUT2D eigenvalue weighted by molar-refractivity contribution is 1.32. The largest absolute Gasteiger partial charge is 0.299 e. The zero-order chi connectivity index (χ0) is 31.6. The van der Waals surface area contributed by atoms with Crippen molar-refractivity contribution in [1.82, 2.24) is 4.98 Å². The SMILES string of the molecule is N=C1C=CC(c2ccc(-c3c4ccccc4c(-c4ccccc4)c4ccccc34)cc2)=C/C1=N/Nc1cccc(-c2ccncc2)c1. The minimum atomic E-state index is 0.361. The van der Waals surface area contributed by atoms with Gasteiger partial charge >= 0.3 is 0 Å². The molecule has 1 aliphatic carbocycles. The molecular weight excluding hydrogens is 573 g/mol. The number of fused-ring (bicyclic) bond motifs is 2. The summed E-state index contributed by atoms with van der Waals surface area (Å²) in [5, 5.41) is 18.1. The van der Waals surface area contributed by atoms with Gasteiger partial charge in [-0.25, -0.2) is 0 Å². The Morgan fingerprint density at radius 3 is 1.68 bits per heavy atom. The van der Waals surface area contributed by atoms with Crippen LogP contribution in [0.1, 0.15) is 5.56 Å². The van der Waals surface area contributed by atoms with Crippen LogP contribution in [0, 0.1) is 5.41 Å². The summed E-state index contributed by atoms with van der Waals surface area (Å²) in [7, 11) is 0. The molecule has 4 nitrogen and oxygen atoms in total. The van der Waals surface area contributed by atoms with E-state index in [1.807, 2.05) is 42.5 Å². The summed E-state index contributed by atoms with van der Waals surface area (Å²) < 4.78 is 0. The van der Waals surface area contributed by atoms with Gasteiger partial charge in [0.05, 0.1) is 11.4 Å². The molecule has 0 aliphatic heterocycles. The average molecular weight is 603 g/mol. The normalized spacial score (nSPS) is 13.7. The Kier molecular flexibility index (Phi) is 7.29. The van der Waals surface area contributed by atoms with Crippen molar-refractivity contribution in [1.29, 1.82) is 5.41 Å². The van der Waals surface area contributed by atoms with Gasteiger partial charge in [0.25, 0.3) is 0 Å². The van der Waals surface area contributed by atoms with Crippen molar-refractivity contribution in [3.63, 3.8) is 0 Å². The third-order valence-corrected chi connectivity index (χ3v) is 8.68. The van der Waals surface area contributed by atoms with Gasteiger partial charge in [0.2, 0.25) is 0 Å². The summed E-state index contributed by atoms with van der Waals surface area (Å²) in [5.74, 6) is 0. The summed E-state index contributed by atoms with van der Waals surface area (Å²) >= 11 is 0. The van der Waals surface area contributed by atoms with Gasteiger partial charge in [0.15, 0.2) is 0 Å². The van der Waals surface area contributed by atoms with Gasteiger partial charge in [-0.3, -0.25) is 15.8 Å². The second-order valence-corrected chi connectivity index (χ2v) is 11.6. The summed E-state index contributed by atoms with van der Waals surface area (Å²) in [4.78, 5) is 4.11. The second-order valence-electron chi connectivity index (χ2n) is 11.6. The Bertz CT molecular complexity index is 2310. The van der Waals surface area contributed by atoms with E-state index in [4.69, 9.17) is 5.41 Å². The number of hydrogen-bond acceptors (Lipinski definition) is 4. The summed E-state index contributed by atoms with van der Waals surface area (Å²) in [6.07, 6.45) is 9.34. The van der Waals surface area contributed by atoms with Crippen molar-refractivity contribution in [2.24, 2.45) is 5.10 Å². The molecule has 0 bridgehead atoms. The smallest absolute Gasteiger partial charge is 0.109 e. The van der Waals surface area contributed by atoms with Crippen LogP contribution in [0.15, 0.2) is 175 Å². The highest BCUT2D eigenvalue weighted by molar-refractivity contribution is 6.51. The lowest BCUT2D eigenvalue weighted by Gasteiger charge is -2.18. The first kappa shape index (κ1) is 28.1. The Hall–Kier alpha value is -6.39. The first-order chi connectivity index (χ1) is 23.2. The van der Waals surface area contributed by atoms with Gasteiger partial charge in [-0.05, 0) is 102 Å². The number of nitrogens with one attached hydrogen (secondary N) is 2. The highest BCUT2D eigenvalue weighted by Crippen LogP contribution is 2.43. The van der Waals surface area contributed by atoms with E-state index in [1.165, 1.54) is 43.8 Å². The molecule has 222 valence electrons. The Morgan fingerprint density at radius 2 is 1.04 bits per heavy atom. The standard InChI is InChI=1S/C43H30N4/c44-40-22-21-34(28-41(40)47-46-35-12-8-11-33(27-35)30-23-25-45-26-24-30)29-17-19-32(20-18-29)43-38-15-6-4-13-36(38)42(31-9-2-1-3-10-31)37-14-5-7-16-39(37)43/h1-28,44,46H/b44-40?,47-41-. The second kappa shape index (κ2) is 12.2. The molecule has 47 heavy (non-hydrogen) atoms. The van der Waals surface area contributed by atoms with E-state index in [0.717, 1.165) is 28.0 Å². The van der Waals surface area contributed by atoms with E-state index in [-0.39, 0.29) is 0 Å². The van der Waals surface area contributed by atoms with Crippen LogP contribution in [0.3, 0.4) is 0 Å². The molecule has 0 saturated carbocycles. The van der Waals surface area contributed by atoms with Gasteiger partial charge in [0.1, 0.15) is 5.71 Å². The predicted octanol–water partition coefficient (Wildman–Crippen LogP) is 10.8. The molecule has 0 amide bonds. The third kappa shape index (κ3) is 5.43. The molecule has 0 unspecified atom stereocenters. The maximum Gasteiger partial charge on any atom is 0.109 e. The zero-order valence-electron chi connectivity index (χ0n) is 25.6. The number of allylic oxidation sites excluding steroid dienone is 4. The number of rotatable bonds is 6. The monoisotopic (exact) mass is 602 g/mol. The van der Waals surface area contributed by atoms with Gasteiger partial charge in [0, 0.05) is 12.4 Å². The topological polar surface area (TPSA) is 61.1 Å². The molecule has 0 saturated heterocycles. The van der Waals surface area contributed by atoms with E-state index >= 15 is 0 Å². The summed E-state index contributed by atoms with van der Waals surface area (Å²) in [6, 6.07) is 48.9. The van der Waals surface area contributed by atoms with Crippen molar-refractivity contribution in [2.45, 2.75) is 0 Å². The molecular formula is C43H30N4. The molecule has 0 fully saturated rings. The van der Waals surface area contributed by atoms with E-state index in [1.54, 1.807) is 18.5 Å². The van der Waals surface area contributed by atoms with Gasteiger partial charge < -0.3 is 0 Å². The molecule has 6 aromatic carbocycles. The lowest BCUT2D eigenvalue weighted by atomic mass is 9.85. The molecule has 1 heterocycles. The van der Waals surface area contributed by atoms with E-state index in [2.05, 4.69) is 125 Å². The van der Waals surface area contributed by atoms with Gasteiger partial charge in [-0.2, -0.15) is 5.10 Å². The van der Waals surface area contributed by atoms with Crippen LogP contribution in [-0.4, -0.2) is 16.4 Å². The van der Waals surface area contributed by atoms with E-state index in [0.29, 0.717) is 11.4 Å². The molecule has 2 N–H and O–H groups in total. The number of hydrazone groups is 1. The van der Waals surface area contributed by atoms with Gasteiger partial charge in [-0.1, -0.05) is 121 Å². The van der Waals surface area contributed by atoms with Crippen molar-refractivity contribution < 1.29 is 0 Å². The Morgan fingerprint density at radius 1 is 0.489 bits per heavy atom. The third-order valence-electron chi connectivity index (χ3n) is 8.68. The molecule has 0 radical (unpaired) electrons. The van der Waals surface area contributed by atoms with Crippen molar-refractivity contribution in [2.75, 3.05) is 5.43 Å². The number of hydrogen-bond donors (Lipinski definition) is 2. The maximum absolute atomic E-state index is 8.51. The fourth-order valence-corrected chi connectivity index (χ4v) is 6.43. The summed E-state index contributed by atoms with van der Waals surface area (Å²) in [5.41, 5.74) is 14.1. The molecule has 8 rings (SSSR count). The van der Waals surface area contributed by atoms with Gasteiger partial charge in [-0.15, -0.1) is 0 Å². The number of aromatic nitrogens is 1. The average Bonchev–Trinajstić information content (AvgIpc) is 3.14. The van der Waals surface area contributed by atoms with Crippen LogP contribution >= 0.6 is 0 Å².